The lowest BCUT2D eigenvalue weighted by atomic mass is 9.74. The van der Waals surface area contributed by atoms with Crippen molar-refractivity contribution in [3.05, 3.63) is 94.3 Å². The van der Waals surface area contributed by atoms with Gasteiger partial charge < -0.3 is 4.74 Å². The van der Waals surface area contributed by atoms with E-state index < -0.39 is 28.2 Å². The summed E-state index contributed by atoms with van der Waals surface area (Å²) in [4.78, 5) is 55.9. The minimum Gasteiger partial charge on any atom is -0.495 e. The number of ether oxygens (including phenoxy) is 1. The number of imide groups is 2. The van der Waals surface area contributed by atoms with Gasteiger partial charge in [0.1, 0.15) is 11.2 Å². The second kappa shape index (κ2) is 9.72. The Morgan fingerprint density at radius 3 is 2.40 bits per heavy atom. The number of nitro groups is 1. The zero-order chi connectivity index (χ0) is 25.0. The van der Waals surface area contributed by atoms with Crippen molar-refractivity contribution < 1.29 is 24.0 Å². The molecular formula is C25H22N4O6. The summed E-state index contributed by atoms with van der Waals surface area (Å²) in [6.45, 7) is 0. The average molecular weight is 474 g/mol. The van der Waals surface area contributed by atoms with Gasteiger partial charge in [-0.25, -0.2) is 9.69 Å². The molecule has 1 aromatic heterocycles. The summed E-state index contributed by atoms with van der Waals surface area (Å²) in [5.74, 6) is -1.14. The van der Waals surface area contributed by atoms with E-state index in [0.29, 0.717) is 23.4 Å². The first-order valence-corrected chi connectivity index (χ1v) is 10.8. The second-order valence-corrected chi connectivity index (χ2v) is 8.08. The number of benzene rings is 2. The predicted octanol–water partition coefficient (Wildman–Crippen LogP) is 3.44. The number of carbonyl (C=O) groups excluding carboxylic acids is 3. The van der Waals surface area contributed by atoms with Crippen molar-refractivity contribution in [2.75, 3.05) is 12.0 Å². The molecule has 0 bridgehead atoms. The molecule has 178 valence electrons. The average Bonchev–Trinajstić information content (AvgIpc) is 2.87. The lowest BCUT2D eigenvalue weighted by Gasteiger charge is -2.39. The molecular weight excluding hydrogens is 452 g/mol. The SMILES string of the molecule is COc1ccccc1N1C(=O)NC(=O)[C@@](CCc2ccccn2)(Cc2ccc([N+](=O)[O-])cc2)C1=O. The highest BCUT2D eigenvalue weighted by Gasteiger charge is 2.54. The summed E-state index contributed by atoms with van der Waals surface area (Å²) < 4.78 is 5.34. The third kappa shape index (κ3) is 4.58. The van der Waals surface area contributed by atoms with Crippen LogP contribution in [0, 0.1) is 15.5 Å². The summed E-state index contributed by atoms with van der Waals surface area (Å²) in [5.41, 5.74) is -0.355. The molecule has 0 aliphatic carbocycles. The first kappa shape index (κ1) is 23.6. The number of nitrogens with zero attached hydrogens (tertiary/aromatic N) is 3. The normalized spacial score (nSPS) is 17.7. The number of amides is 4. The second-order valence-electron chi connectivity index (χ2n) is 8.08. The van der Waals surface area contributed by atoms with E-state index in [2.05, 4.69) is 10.3 Å². The molecule has 10 heteroatoms. The number of nitrogens with one attached hydrogen (secondary N) is 1. The van der Waals surface area contributed by atoms with E-state index in [0.717, 1.165) is 4.90 Å². The van der Waals surface area contributed by atoms with E-state index in [-0.39, 0.29) is 24.2 Å². The molecule has 35 heavy (non-hydrogen) atoms. The molecule has 1 saturated heterocycles. The third-order valence-corrected chi connectivity index (χ3v) is 5.98. The van der Waals surface area contributed by atoms with Gasteiger partial charge in [-0.3, -0.25) is 30.0 Å². The largest absolute Gasteiger partial charge is 0.495 e. The topological polar surface area (TPSA) is 132 Å². The molecule has 10 nitrogen and oxygen atoms in total. The number of anilines is 1. The van der Waals surface area contributed by atoms with Crippen molar-refractivity contribution in [1.82, 2.24) is 10.3 Å². The number of hydrogen-bond acceptors (Lipinski definition) is 7. The van der Waals surface area contributed by atoms with E-state index in [1.165, 1.54) is 31.4 Å². The van der Waals surface area contributed by atoms with Gasteiger partial charge in [0.15, 0.2) is 0 Å². The van der Waals surface area contributed by atoms with Crippen LogP contribution in [0.5, 0.6) is 5.75 Å². The summed E-state index contributed by atoms with van der Waals surface area (Å²) in [7, 11) is 1.42. The maximum absolute atomic E-state index is 14.0. The molecule has 0 spiro atoms. The molecule has 1 N–H and O–H groups in total. The Kier molecular flexibility index (Phi) is 6.54. The van der Waals surface area contributed by atoms with Gasteiger partial charge in [-0.1, -0.05) is 30.3 Å². The number of barbiturate groups is 1. The quantitative estimate of drug-likeness (QED) is 0.300. The fourth-order valence-corrected chi connectivity index (χ4v) is 4.15. The Balaban J connectivity index is 1.77. The Bertz CT molecular complexity index is 1280. The zero-order valence-corrected chi connectivity index (χ0v) is 18.8. The number of aryl methyl sites for hydroxylation is 1. The van der Waals surface area contributed by atoms with Crippen molar-refractivity contribution in [2.45, 2.75) is 19.3 Å². The number of para-hydroxylation sites is 2. The molecule has 2 aromatic carbocycles. The Labute approximate surface area is 200 Å². The van der Waals surface area contributed by atoms with Crippen LogP contribution < -0.4 is 15.0 Å². The van der Waals surface area contributed by atoms with Gasteiger partial charge in [0.2, 0.25) is 5.91 Å². The van der Waals surface area contributed by atoms with Crippen LogP contribution in [0.2, 0.25) is 0 Å². The van der Waals surface area contributed by atoms with E-state index in [1.54, 1.807) is 48.7 Å². The van der Waals surface area contributed by atoms with E-state index >= 15 is 0 Å². The molecule has 4 rings (SSSR count). The number of hydrogen-bond donors (Lipinski definition) is 1. The smallest absolute Gasteiger partial charge is 0.335 e. The predicted molar refractivity (Wildman–Crippen MR) is 126 cm³/mol. The molecule has 1 atom stereocenters. The van der Waals surface area contributed by atoms with Crippen LogP contribution in [0.1, 0.15) is 17.7 Å². The van der Waals surface area contributed by atoms with Crippen LogP contribution in [0.4, 0.5) is 16.2 Å². The van der Waals surface area contributed by atoms with Gasteiger partial charge in [-0.15, -0.1) is 0 Å². The standard InChI is InChI=1S/C25H22N4O6/c1-35-21-8-3-2-7-20(21)28-23(31)25(22(30)27-24(28)32,14-13-18-6-4-5-15-26-18)16-17-9-11-19(12-10-17)29(33)34/h2-12,15H,13-14,16H2,1H3,(H,27,30,32)/t25-/m1/s1. The maximum atomic E-state index is 14.0. The highest BCUT2D eigenvalue weighted by Crippen LogP contribution is 2.39. The Hall–Kier alpha value is -4.60. The van der Waals surface area contributed by atoms with Crippen LogP contribution in [-0.4, -0.2) is 34.9 Å². The van der Waals surface area contributed by atoms with E-state index in [4.69, 9.17) is 4.74 Å². The monoisotopic (exact) mass is 474 g/mol. The number of methoxy groups -OCH3 is 1. The van der Waals surface area contributed by atoms with Crippen LogP contribution in [0.25, 0.3) is 0 Å². The van der Waals surface area contributed by atoms with Crippen molar-refractivity contribution in [1.29, 1.82) is 0 Å². The Morgan fingerprint density at radius 2 is 1.74 bits per heavy atom. The number of aromatic nitrogens is 1. The van der Waals surface area contributed by atoms with Crippen molar-refractivity contribution in [3.63, 3.8) is 0 Å². The van der Waals surface area contributed by atoms with Gasteiger partial charge in [-0.05, 0) is 49.1 Å². The van der Waals surface area contributed by atoms with Crippen LogP contribution in [0.15, 0.2) is 72.9 Å². The molecule has 2 heterocycles. The van der Waals surface area contributed by atoms with Crippen LogP contribution >= 0.6 is 0 Å². The van der Waals surface area contributed by atoms with E-state index in [1.807, 2.05) is 0 Å². The summed E-state index contributed by atoms with van der Waals surface area (Å²) in [5, 5.41) is 13.4. The summed E-state index contributed by atoms with van der Waals surface area (Å²) >= 11 is 0. The molecule has 4 amide bonds. The first-order chi connectivity index (χ1) is 16.9. The third-order valence-electron chi connectivity index (χ3n) is 5.98. The Morgan fingerprint density at radius 1 is 1.03 bits per heavy atom. The molecule has 0 radical (unpaired) electrons. The number of non-ortho nitro benzene ring substituents is 1. The van der Waals surface area contributed by atoms with Gasteiger partial charge in [-0.2, -0.15) is 0 Å². The molecule has 3 aromatic rings. The van der Waals surface area contributed by atoms with Crippen molar-refractivity contribution in [2.24, 2.45) is 5.41 Å². The van der Waals surface area contributed by atoms with Crippen LogP contribution in [-0.2, 0) is 22.4 Å². The van der Waals surface area contributed by atoms with Gasteiger partial charge in [0.25, 0.3) is 11.6 Å². The number of pyridine rings is 1. The maximum Gasteiger partial charge on any atom is 0.335 e. The molecule has 0 saturated carbocycles. The number of nitro benzene ring substituents is 1. The summed E-state index contributed by atoms with van der Waals surface area (Å²) in [6, 6.07) is 16.6. The highest BCUT2D eigenvalue weighted by atomic mass is 16.6. The zero-order valence-electron chi connectivity index (χ0n) is 18.8. The minimum atomic E-state index is -1.66. The molecule has 1 aliphatic rings. The van der Waals surface area contributed by atoms with Gasteiger partial charge in [0.05, 0.1) is 17.7 Å². The van der Waals surface area contributed by atoms with Gasteiger partial charge >= 0.3 is 6.03 Å². The lowest BCUT2D eigenvalue weighted by molar-refractivity contribution is -0.384. The highest BCUT2D eigenvalue weighted by molar-refractivity contribution is 6.30. The number of urea groups is 1. The molecule has 1 aliphatic heterocycles. The fraction of sp³-hybridized carbons (Fsp3) is 0.200. The lowest BCUT2D eigenvalue weighted by Crippen LogP contribution is -2.65. The van der Waals surface area contributed by atoms with E-state index in [9.17, 15) is 24.5 Å². The molecule has 1 fully saturated rings. The number of rotatable bonds is 8. The van der Waals surface area contributed by atoms with Crippen molar-refractivity contribution >= 4 is 29.2 Å². The molecule has 0 unspecified atom stereocenters. The first-order valence-electron chi connectivity index (χ1n) is 10.8. The van der Waals surface area contributed by atoms with Gasteiger partial charge in [0, 0.05) is 24.0 Å². The van der Waals surface area contributed by atoms with Crippen LogP contribution in [0.3, 0.4) is 0 Å². The minimum absolute atomic E-state index is 0.0601. The number of carbonyl (C=O) groups is 3. The summed E-state index contributed by atoms with van der Waals surface area (Å²) in [6.07, 6.45) is 1.90. The fourth-order valence-electron chi connectivity index (χ4n) is 4.15. The van der Waals surface area contributed by atoms with Crippen molar-refractivity contribution in [3.8, 4) is 5.75 Å².